The highest BCUT2D eigenvalue weighted by molar-refractivity contribution is 5.32. The van der Waals surface area contributed by atoms with Crippen LogP contribution in [-0.4, -0.2) is 36.7 Å². The summed E-state index contributed by atoms with van der Waals surface area (Å²) in [5.74, 6) is 0. The molecule has 0 bridgehead atoms. The predicted molar refractivity (Wildman–Crippen MR) is 47.9 cm³/mol. The molecule has 0 radical (unpaired) electrons. The zero-order chi connectivity index (χ0) is 8.81. The Bertz CT molecular complexity index is 175. The van der Waals surface area contributed by atoms with Crippen molar-refractivity contribution in [1.29, 1.82) is 0 Å². The van der Waals surface area contributed by atoms with Gasteiger partial charge in [-0.2, -0.15) is 0 Å². The van der Waals surface area contributed by atoms with E-state index in [1.54, 1.807) is 6.08 Å². The molecule has 0 spiro atoms. The number of carbonyl (C=O) groups excluding carboxylic acids is 1. The lowest BCUT2D eigenvalue weighted by Crippen LogP contribution is -2.41. The summed E-state index contributed by atoms with van der Waals surface area (Å²) < 4.78 is 0. The van der Waals surface area contributed by atoms with Gasteiger partial charge in [0, 0.05) is 6.04 Å². The van der Waals surface area contributed by atoms with Crippen LogP contribution in [0.1, 0.15) is 26.2 Å². The molecular formula is C9H16N2O. The van der Waals surface area contributed by atoms with Crippen LogP contribution < -0.4 is 0 Å². The van der Waals surface area contributed by atoms with E-state index in [0.717, 1.165) is 13.1 Å². The zero-order valence-electron chi connectivity index (χ0n) is 7.62. The molecule has 3 heteroatoms. The first kappa shape index (κ1) is 9.43. The van der Waals surface area contributed by atoms with Crippen LogP contribution in [0.2, 0.25) is 0 Å². The van der Waals surface area contributed by atoms with Gasteiger partial charge in [-0.25, -0.2) is 9.79 Å². The van der Waals surface area contributed by atoms with E-state index < -0.39 is 0 Å². The van der Waals surface area contributed by atoms with E-state index >= 15 is 0 Å². The van der Waals surface area contributed by atoms with Gasteiger partial charge in [-0.3, -0.25) is 4.90 Å². The van der Waals surface area contributed by atoms with Crippen LogP contribution in [0.5, 0.6) is 0 Å². The Hall–Kier alpha value is -0.660. The summed E-state index contributed by atoms with van der Waals surface area (Å²) in [6.07, 6.45) is 5.35. The van der Waals surface area contributed by atoms with E-state index in [9.17, 15) is 4.79 Å². The Morgan fingerprint density at radius 2 is 2.42 bits per heavy atom. The summed E-state index contributed by atoms with van der Waals surface area (Å²) in [6.45, 7) is 5.02. The lowest BCUT2D eigenvalue weighted by molar-refractivity contribution is 0.161. The van der Waals surface area contributed by atoms with Crippen molar-refractivity contribution in [2.24, 2.45) is 4.99 Å². The number of hydrogen-bond donors (Lipinski definition) is 0. The van der Waals surface area contributed by atoms with Crippen LogP contribution in [0.15, 0.2) is 4.99 Å². The molecule has 1 aliphatic rings. The summed E-state index contributed by atoms with van der Waals surface area (Å²) in [5.41, 5.74) is 0. The Balaban J connectivity index is 2.40. The number of isocyanates is 1. The predicted octanol–water partition coefficient (Wildman–Crippen LogP) is 1.20. The third kappa shape index (κ3) is 2.43. The largest absolute Gasteiger partial charge is 0.299 e. The second-order valence-corrected chi connectivity index (χ2v) is 3.21. The molecule has 0 aromatic heterocycles. The smallest absolute Gasteiger partial charge is 0.234 e. The molecule has 0 aliphatic carbocycles. The van der Waals surface area contributed by atoms with Crippen molar-refractivity contribution in [2.75, 3.05) is 19.6 Å². The van der Waals surface area contributed by atoms with Crippen molar-refractivity contribution in [3.63, 3.8) is 0 Å². The van der Waals surface area contributed by atoms with Crippen molar-refractivity contribution in [3.05, 3.63) is 0 Å². The molecule has 0 aromatic rings. The Morgan fingerprint density at radius 1 is 1.58 bits per heavy atom. The molecule has 0 saturated carbocycles. The van der Waals surface area contributed by atoms with Gasteiger partial charge in [0.2, 0.25) is 6.08 Å². The number of aliphatic imine (C=N–C) groups is 1. The van der Waals surface area contributed by atoms with Gasteiger partial charge in [-0.1, -0.05) is 13.3 Å². The lowest BCUT2D eigenvalue weighted by Gasteiger charge is -2.33. The van der Waals surface area contributed by atoms with Crippen molar-refractivity contribution in [1.82, 2.24) is 4.90 Å². The van der Waals surface area contributed by atoms with Gasteiger partial charge < -0.3 is 0 Å². The van der Waals surface area contributed by atoms with Gasteiger partial charge in [-0.15, -0.1) is 0 Å². The van der Waals surface area contributed by atoms with Crippen molar-refractivity contribution in [2.45, 2.75) is 32.2 Å². The van der Waals surface area contributed by atoms with E-state index in [0.29, 0.717) is 12.6 Å². The first-order chi connectivity index (χ1) is 5.88. The van der Waals surface area contributed by atoms with Gasteiger partial charge >= 0.3 is 0 Å². The molecule has 0 amide bonds. The summed E-state index contributed by atoms with van der Waals surface area (Å²) in [4.78, 5) is 16.0. The number of hydrogen-bond acceptors (Lipinski definition) is 3. The van der Waals surface area contributed by atoms with Crippen LogP contribution >= 0.6 is 0 Å². The Morgan fingerprint density at radius 3 is 3.08 bits per heavy atom. The summed E-state index contributed by atoms with van der Waals surface area (Å²) >= 11 is 0. The third-order valence-corrected chi connectivity index (χ3v) is 2.52. The fourth-order valence-corrected chi connectivity index (χ4v) is 1.83. The number of nitrogens with zero attached hydrogens (tertiary/aromatic N) is 2. The standard InChI is InChI=1S/C9H16N2O/c1-2-11-6-4-3-5-9(11)7-10-8-12/h9H,2-7H2,1H3. The third-order valence-electron chi connectivity index (χ3n) is 2.52. The van der Waals surface area contributed by atoms with Crippen molar-refractivity contribution in [3.8, 4) is 0 Å². The number of likely N-dealkylation sites (tertiary alicyclic amines) is 1. The second kappa shape index (κ2) is 5.07. The van der Waals surface area contributed by atoms with E-state index in [1.807, 2.05) is 0 Å². The summed E-state index contributed by atoms with van der Waals surface area (Å²) in [6, 6.07) is 0.491. The second-order valence-electron chi connectivity index (χ2n) is 3.21. The number of piperidine rings is 1. The molecule has 1 saturated heterocycles. The van der Waals surface area contributed by atoms with Crippen LogP contribution in [-0.2, 0) is 4.79 Å². The maximum Gasteiger partial charge on any atom is 0.234 e. The van der Waals surface area contributed by atoms with Gasteiger partial charge in [-0.05, 0) is 25.9 Å². The van der Waals surface area contributed by atoms with Gasteiger partial charge in [0.1, 0.15) is 0 Å². The van der Waals surface area contributed by atoms with E-state index in [1.165, 1.54) is 19.3 Å². The molecule has 1 rings (SSSR count). The highest BCUT2D eigenvalue weighted by atomic mass is 16.1. The quantitative estimate of drug-likeness (QED) is 0.468. The van der Waals surface area contributed by atoms with E-state index in [4.69, 9.17) is 0 Å². The molecule has 12 heavy (non-hydrogen) atoms. The molecule has 1 unspecified atom stereocenters. The zero-order valence-corrected chi connectivity index (χ0v) is 7.62. The van der Waals surface area contributed by atoms with Gasteiger partial charge in [0.05, 0.1) is 6.54 Å². The summed E-state index contributed by atoms with van der Waals surface area (Å²) in [7, 11) is 0. The highest BCUT2D eigenvalue weighted by Crippen LogP contribution is 2.16. The number of likely N-dealkylation sites (N-methyl/N-ethyl adjacent to an activating group) is 1. The molecule has 1 heterocycles. The van der Waals surface area contributed by atoms with Crippen LogP contribution in [0.25, 0.3) is 0 Å². The molecule has 3 nitrogen and oxygen atoms in total. The molecule has 1 aliphatic heterocycles. The molecule has 0 aromatic carbocycles. The average molecular weight is 168 g/mol. The maximum atomic E-state index is 9.93. The van der Waals surface area contributed by atoms with Crippen LogP contribution in [0.3, 0.4) is 0 Å². The first-order valence-corrected chi connectivity index (χ1v) is 4.66. The molecule has 1 fully saturated rings. The molecular weight excluding hydrogens is 152 g/mol. The van der Waals surface area contributed by atoms with E-state index in [2.05, 4.69) is 16.8 Å². The molecule has 0 N–H and O–H groups in total. The Labute approximate surface area is 73.5 Å². The first-order valence-electron chi connectivity index (χ1n) is 4.66. The topological polar surface area (TPSA) is 32.7 Å². The van der Waals surface area contributed by atoms with Crippen LogP contribution in [0.4, 0.5) is 0 Å². The van der Waals surface area contributed by atoms with E-state index in [-0.39, 0.29) is 0 Å². The molecule has 1 atom stereocenters. The SMILES string of the molecule is CCN1CCCCC1CN=C=O. The minimum atomic E-state index is 0.491. The fraction of sp³-hybridized carbons (Fsp3) is 0.889. The highest BCUT2D eigenvalue weighted by Gasteiger charge is 2.19. The minimum Gasteiger partial charge on any atom is -0.299 e. The Kier molecular flexibility index (Phi) is 3.98. The maximum absolute atomic E-state index is 9.93. The molecule has 68 valence electrons. The normalized spacial score (nSPS) is 24.9. The fourth-order valence-electron chi connectivity index (χ4n) is 1.83. The lowest BCUT2D eigenvalue weighted by atomic mass is 10.0. The minimum absolute atomic E-state index is 0.491. The number of rotatable bonds is 3. The monoisotopic (exact) mass is 168 g/mol. The van der Waals surface area contributed by atoms with Gasteiger partial charge in [0.25, 0.3) is 0 Å². The van der Waals surface area contributed by atoms with Crippen molar-refractivity contribution < 1.29 is 4.79 Å². The summed E-state index contributed by atoms with van der Waals surface area (Å²) in [5, 5.41) is 0. The average Bonchev–Trinajstić information content (AvgIpc) is 2.15. The van der Waals surface area contributed by atoms with Crippen LogP contribution in [0, 0.1) is 0 Å². The van der Waals surface area contributed by atoms with Gasteiger partial charge in [0.15, 0.2) is 0 Å². The van der Waals surface area contributed by atoms with Crippen molar-refractivity contribution >= 4 is 6.08 Å².